The first-order chi connectivity index (χ1) is 11.6. The van der Waals surface area contributed by atoms with Crippen molar-refractivity contribution < 1.29 is 0 Å². The minimum absolute atomic E-state index is 0.0822. The number of aromatic nitrogens is 3. The van der Waals surface area contributed by atoms with Gasteiger partial charge in [-0.3, -0.25) is 4.79 Å². The van der Waals surface area contributed by atoms with Gasteiger partial charge in [-0.2, -0.15) is 0 Å². The van der Waals surface area contributed by atoms with Crippen LogP contribution in [0.4, 0.5) is 0 Å². The molecule has 0 N–H and O–H groups in total. The van der Waals surface area contributed by atoms with Gasteiger partial charge < -0.3 is 0 Å². The Labute approximate surface area is 150 Å². The molecule has 118 valence electrons. The lowest BCUT2D eigenvalue weighted by Gasteiger charge is -2.00. The Morgan fingerprint density at radius 2 is 1.83 bits per heavy atom. The molecule has 0 saturated carbocycles. The number of benzene rings is 2. The second-order valence-corrected chi connectivity index (χ2v) is 7.35. The summed E-state index contributed by atoms with van der Waals surface area (Å²) in [5.41, 5.74) is 2.89. The third-order valence-corrected chi connectivity index (χ3v) is 5.29. The van der Waals surface area contributed by atoms with E-state index < -0.39 is 0 Å². The molecule has 6 heteroatoms. The minimum Gasteiger partial charge on any atom is -0.267 e. The fourth-order valence-corrected chi connectivity index (χ4v) is 3.75. The molecule has 0 aliphatic carbocycles. The maximum absolute atomic E-state index is 12.8. The van der Waals surface area contributed by atoms with Crippen LogP contribution in [0.1, 0.15) is 11.1 Å². The van der Waals surface area contributed by atoms with Crippen LogP contribution >= 0.6 is 27.3 Å². The molecule has 4 aromatic rings. The average molecular weight is 398 g/mol. The van der Waals surface area contributed by atoms with Gasteiger partial charge in [0, 0.05) is 10.0 Å². The van der Waals surface area contributed by atoms with E-state index in [4.69, 9.17) is 0 Å². The quantitative estimate of drug-likeness (QED) is 0.520. The van der Waals surface area contributed by atoms with Crippen molar-refractivity contribution in [3.05, 3.63) is 79.0 Å². The molecule has 0 unspecified atom stereocenters. The molecule has 0 saturated heterocycles. The lowest BCUT2D eigenvalue weighted by atomic mass is 10.1. The monoisotopic (exact) mass is 397 g/mol. The molecular formula is C18H12BrN3OS. The highest BCUT2D eigenvalue weighted by molar-refractivity contribution is 9.10. The van der Waals surface area contributed by atoms with Gasteiger partial charge in [-0.05, 0) is 36.3 Å². The summed E-state index contributed by atoms with van der Waals surface area (Å²) in [6.45, 7) is 2.00. The number of fused-ring (bicyclic) bond motifs is 1. The van der Waals surface area contributed by atoms with Crippen LogP contribution in [0.5, 0.6) is 0 Å². The summed E-state index contributed by atoms with van der Waals surface area (Å²) in [6, 6.07) is 15.7. The Bertz CT molecular complexity index is 1150. The second-order valence-electron chi connectivity index (χ2n) is 5.42. The molecule has 0 amide bonds. The largest absolute Gasteiger partial charge is 0.276 e. The van der Waals surface area contributed by atoms with Gasteiger partial charge in [0.25, 0.3) is 5.56 Å². The Morgan fingerprint density at radius 3 is 2.58 bits per heavy atom. The van der Waals surface area contributed by atoms with E-state index >= 15 is 0 Å². The van der Waals surface area contributed by atoms with Crippen molar-refractivity contribution in [1.82, 2.24) is 14.6 Å². The molecule has 2 heterocycles. The molecule has 0 aliphatic heterocycles. The second kappa shape index (κ2) is 5.96. The van der Waals surface area contributed by atoms with Gasteiger partial charge >= 0.3 is 0 Å². The lowest BCUT2D eigenvalue weighted by Crippen LogP contribution is -2.23. The summed E-state index contributed by atoms with van der Waals surface area (Å²) in [5.74, 6) is 0.597. The predicted octanol–water partition coefficient (Wildman–Crippen LogP) is 3.44. The Kier molecular flexibility index (Phi) is 3.78. The molecule has 0 bridgehead atoms. The highest BCUT2D eigenvalue weighted by Gasteiger charge is 2.15. The molecule has 0 fully saturated rings. The van der Waals surface area contributed by atoms with E-state index in [9.17, 15) is 4.79 Å². The molecule has 4 rings (SSSR count). The fraction of sp³-hybridized carbons (Fsp3) is 0.0556. The smallest absolute Gasteiger partial charge is 0.267 e. The third-order valence-electron chi connectivity index (χ3n) is 3.80. The molecule has 2 aromatic heterocycles. The molecule has 0 atom stereocenters. The van der Waals surface area contributed by atoms with Crippen LogP contribution in [0.25, 0.3) is 22.4 Å². The number of aryl methyl sites for hydroxylation is 1. The van der Waals surface area contributed by atoms with Gasteiger partial charge in [0.1, 0.15) is 0 Å². The molecule has 2 aromatic carbocycles. The first-order valence-electron chi connectivity index (χ1n) is 7.35. The van der Waals surface area contributed by atoms with E-state index in [0.29, 0.717) is 15.3 Å². The van der Waals surface area contributed by atoms with Crippen LogP contribution in [-0.4, -0.2) is 14.6 Å². The van der Waals surface area contributed by atoms with E-state index in [-0.39, 0.29) is 5.56 Å². The van der Waals surface area contributed by atoms with Crippen LogP contribution in [0, 0.1) is 6.92 Å². The molecule has 0 radical (unpaired) electrons. The maximum Gasteiger partial charge on any atom is 0.276 e. The van der Waals surface area contributed by atoms with Crippen molar-refractivity contribution in [2.24, 2.45) is 0 Å². The van der Waals surface area contributed by atoms with E-state index in [2.05, 4.69) is 26.1 Å². The van der Waals surface area contributed by atoms with Crippen LogP contribution in [0.3, 0.4) is 0 Å². The summed E-state index contributed by atoms with van der Waals surface area (Å²) in [4.78, 5) is 13.4. The van der Waals surface area contributed by atoms with Gasteiger partial charge in [-0.15, -0.1) is 10.2 Å². The number of thiazole rings is 1. The zero-order chi connectivity index (χ0) is 16.7. The average Bonchev–Trinajstić information content (AvgIpc) is 3.11. The number of hydrogen-bond acceptors (Lipinski definition) is 4. The molecular weight excluding hydrogens is 386 g/mol. The Hall–Kier alpha value is -2.31. The summed E-state index contributed by atoms with van der Waals surface area (Å²) in [7, 11) is 0. The molecule has 0 spiro atoms. The number of nitrogens with zero attached hydrogens (tertiary/aromatic N) is 3. The fourth-order valence-electron chi connectivity index (χ4n) is 2.57. The van der Waals surface area contributed by atoms with Crippen molar-refractivity contribution in [1.29, 1.82) is 0 Å². The topological polar surface area (TPSA) is 47.3 Å². The zero-order valence-corrected chi connectivity index (χ0v) is 15.1. The van der Waals surface area contributed by atoms with E-state index in [1.165, 1.54) is 11.3 Å². The first kappa shape index (κ1) is 15.2. The summed E-state index contributed by atoms with van der Waals surface area (Å²) in [5, 5.41) is 8.39. The summed E-state index contributed by atoms with van der Waals surface area (Å²) in [6.07, 6.45) is 1.88. The van der Waals surface area contributed by atoms with Crippen LogP contribution < -0.4 is 10.1 Å². The van der Waals surface area contributed by atoms with Gasteiger partial charge in [0.15, 0.2) is 5.82 Å². The normalized spacial score (nSPS) is 12.2. The Morgan fingerprint density at radius 1 is 1.08 bits per heavy atom. The molecule has 0 aliphatic rings. The minimum atomic E-state index is -0.0822. The SMILES string of the molecule is Cc1ccccc1-c1nnc2s/c(=C/c3ccc(Br)cc3)c(=O)n12. The standard InChI is InChI=1S/C18H12BrN3OS/c1-11-4-2-3-5-14(11)16-20-21-18-22(16)17(23)15(24-18)10-12-6-8-13(19)9-7-12/h2-10H,1H3/b15-10+. The van der Waals surface area contributed by atoms with E-state index in [1.54, 1.807) is 4.40 Å². The highest BCUT2D eigenvalue weighted by Crippen LogP contribution is 2.21. The third kappa shape index (κ3) is 2.57. The van der Waals surface area contributed by atoms with Crippen molar-refractivity contribution >= 4 is 38.3 Å². The predicted molar refractivity (Wildman–Crippen MR) is 100 cm³/mol. The van der Waals surface area contributed by atoms with Crippen LogP contribution in [0.15, 0.2) is 57.8 Å². The van der Waals surface area contributed by atoms with Gasteiger partial charge in [-0.1, -0.05) is 63.7 Å². The van der Waals surface area contributed by atoms with Crippen molar-refractivity contribution in [3.8, 4) is 11.4 Å². The summed E-state index contributed by atoms with van der Waals surface area (Å²) >= 11 is 4.77. The van der Waals surface area contributed by atoms with Gasteiger partial charge in [0.05, 0.1) is 4.53 Å². The van der Waals surface area contributed by atoms with Crippen molar-refractivity contribution in [2.45, 2.75) is 6.92 Å². The van der Waals surface area contributed by atoms with Crippen LogP contribution in [-0.2, 0) is 0 Å². The van der Waals surface area contributed by atoms with Crippen molar-refractivity contribution in [2.75, 3.05) is 0 Å². The van der Waals surface area contributed by atoms with Crippen molar-refractivity contribution in [3.63, 3.8) is 0 Å². The maximum atomic E-state index is 12.8. The first-order valence-corrected chi connectivity index (χ1v) is 8.95. The summed E-state index contributed by atoms with van der Waals surface area (Å²) < 4.78 is 3.25. The Balaban J connectivity index is 1.93. The zero-order valence-electron chi connectivity index (χ0n) is 12.7. The number of rotatable bonds is 2. The van der Waals surface area contributed by atoms with Crippen LogP contribution in [0.2, 0.25) is 0 Å². The highest BCUT2D eigenvalue weighted by atomic mass is 79.9. The molecule has 4 nitrogen and oxygen atoms in total. The van der Waals surface area contributed by atoms with Gasteiger partial charge in [0.2, 0.25) is 4.96 Å². The number of halogens is 1. The molecule has 24 heavy (non-hydrogen) atoms. The van der Waals surface area contributed by atoms with Gasteiger partial charge in [-0.25, -0.2) is 4.40 Å². The van der Waals surface area contributed by atoms with E-state index in [1.807, 2.05) is 61.5 Å². The van der Waals surface area contributed by atoms with E-state index in [0.717, 1.165) is 21.2 Å². The number of hydrogen-bond donors (Lipinski definition) is 0. The lowest BCUT2D eigenvalue weighted by molar-refractivity contribution is 1.09.